The van der Waals surface area contributed by atoms with Gasteiger partial charge in [0.25, 0.3) is 0 Å². The van der Waals surface area contributed by atoms with Crippen molar-refractivity contribution in [1.82, 2.24) is 15.6 Å². The first-order chi connectivity index (χ1) is 18.8. The molecule has 2 amide bonds. The number of benzene rings is 1. The van der Waals surface area contributed by atoms with E-state index >= 15 is 0 Å². The molecule has 0 aliphatic rings. The van der Waals surface area contributed by atoms with Gasteiger partial charge in [0.15, 0.2) is 0 Å². The zero-order valence-electron chi connectivity index (χ0n) is 25.6. The number of unbranched alkanes of at least 4 members (excludes halogenated alkanes) is 1. The minimum atomic E-state index is -1.35. The SMILES string of the molecule is Br.Br.Br.COc1cc(NC(C)CCCNC(=O)C[C@@H](NC(=O)[C@@H](N)CCCCN)C(=O)O)c2nc(C(C)(C)C)ccc2c1. The van der Waals surface area contributed by atoms with E-state index in [9.17, 15) is 19.5 Å². The van der Waals surface area contributed by atoms with E-state index in [-0.39, 0.29) is 68.8 Å². The fourth-order valence-corrected chi connectivity index (χ4v) is 4.20. The number of pyridine rings is 1. The number of amides is 2. The number of methoxy groups -OCH3 is 1. The first-order valence-electron chi connectivity index (χ1n) is 13.9. The molecule has 1 aromatic carbocycles. The number of fused-ring (bicyclic) bond motifs is 1. The Morgan fingerprint density at radius 2 is 1.72 bits per heavy atom. The summed E-state index contributed by atoms with van der Waals surface area (Å²) in [5, 5.41) is 19.1. The van der Waals surface area contributed by atoms with Crippen molar-refractivity contribution in [2.45, 2.75) is 89.8 Å². The maximum absolute atomic E-state index is 12.4. The van der Waals surface area contributed by atoms with E-state index in [1.54, 1.807) is 7.11 Å². The molecular formula is C29H49Br3N6O5. The predicted octanol–water partition coefficient (Wildman–Crippen LogP) is 4.39. The van der Waals surface area contributed by atoms with Gasteiger partial charge in [-0.15, -0.1) is 50.9 Å². The minimum absolute atomic E-state index is 0. The number of ether oxygens (including phenoxy) is 1. The first-order valence-corrected chi connectivity index (χ1v) is 13.9. The quantitative estimate of drug-likeness (QED) is 0.134. The van der Waals surface area contributed by atoms with Crippen LogP contribution in [0, 0.1) is 0 Å². The first kappa shape index (κ1) is 43.1. The second-order valence-corrected chi connectivity index (χ2v) is 11.2. The Morgan fingerprint density at radius 3 is 2.30 bits per heavy atom. The maximum Gasteiger partial charge on any atom is 0.326 e. The van der Waals surface area contributed by atoms with Crippen LogP contribution in [-0.4, -0.2) is 66.2 Å². The van der Waals surface area contributed by atoms with Gasteiger partial charge in [-0.1, -0.05) is 33.3 Å². The van der Waals surface area contributed by atoms with E-state index in [0.29, 0.717) is 32.4 Å². The summed E-state index contributed by atoms with van der Waals surface area (Å²) in [6.07, 6.45) is 2.83. The Balaban J connectivity index is 0. The Kier molecular flexibility index (Phi) is 20.9. The van der Waals surface area contributed by atoms with Crippen LogP contribution in [0.5, 0.6) is 5.75 Å². The predicted molar refractivity (Wildman–Crippen MR) is 188 cm³/mol. The van der Waals surface area contributed by atoms with Crippen molar-refractivity contribution in [3.8, 4) is 5.75 Å². The number of aromatic nitrogens is 1. The number of carboxylic acids is 1. The van der Waals surface area contributed by atoms with Crippen molar-refractivity contribution in [1.29, 1.82) is 0 Å². The van der Waals surface area contributed by atoms with E-state index in [0.717, 1.165) is 40.9 Å². The molecule has 0 aliphatic carbocycles. The number of hydrogen-bond acceptors (Lipinski definition) is 8. The Bertz CT molecular complexity index is 1170. The number of rotatable bonds is 16. The highest BCUT2D eigenvalue weighted by Gasteiger charge is 2.25. The number of carbonyl (C=O) groups is 3. The van der Waals surface area contributed by atoms with Gasteiger partial charge in [0.1, 0.15) is 11.8 Å². The summed E-state index contributed by atoms with van der Waals surface area (Å²) in [6.45, 7) is 9.29. The zero-order chi connectivity index (χ0) is 29.9. The van der Waals surface area contributed by atoms with Crippen LogP contribution in [0.4, 0.5) is 5.69 Å². The van der Waals surface area contributed by atoms with Crippen LogP contribution < -0.4 is 32.2 Å². The van der Waals surface area contributed by atoms with E-state index in [2.05, 4.69) is 42.8 Å². The number of nitrogens with zero attached hydrogens (tertiary/aromatic N) is 1. The van der Waals surface area contributed by atoms with Crippen LogP contribution >= 0.6 is 50.9 Å². The average molecular weight is 801 g/mol. The number of carboxylic acid groups (broad SMARTS) is 1. The normalized spacial score (nSPS) is 12.8. The second kappa shape index (κ2) is 20.9. The van der Waals surface area contributed by atoms with Crippen LogP contribution in [-0.2, 0) is 19.8 Å². The van der Waals surface area contributed by atoms with Crippen molar-refractivity contribution in [3.05, 3.63) is 30.0 Å². The number of hydrogen-bond donors (Lipinski definition) is 6. The Labute approximate surface area is 286 Å². The summed E-state index contributed by atoms with van der Waals surface area (Å²) in [7, 11) is 1.63. The van der Waals surface area contributed by atoms with E-state index in [1.165, 1.54) is 0 Å². The lowest BCUT2D eigenvalue weighted by Crippen LogP contribution is -2.50. The second-order valence-electron chi connectivity index (χ2n) is 11.2. The summed E-state index contributed by atoms with van der Waals surface area (Å²) in [5.74, 6) is -1.60. The van der Waals surface area contributed by atoms with Crippen LogP contribution in [0.1, 0.15) is 71.9 Å². The topological polar surface area (TPSA) is 182 Å². The van der Waals surface area contributed by atoms with E-state index < -0.39 is 29.9 Å². The monoisotopic (exact) mass is 798 g/mol. The average Bonchev–Trinajstić information content (AvgIpc) is 2.89. The molecule has 3 atom stereocenters. The third kappa shape index (κ3) is 14.6. The fraction of sp³-hybridized carbons (Fsp3) is 0.586. The molecule has 8 N–H and O–H groups in total. The molecule has 2 rings (SSSR count). The molecule has 1 aromatic heterocycles. The van der Waals surface area contributed by atoms with Crippen molar-refractivity contribution in [2.24, 2.45) is 11.5 Å². The van der Waals surface area contributed by atoms with Crippen LogP contribution in [0.2, 0.25) is 0 Å². The van der Waals surface area contributed by atoms with Crippen LogP contribution in [0.3, 0.4) is 0 Å². The van der Waals surface area contributed by atoms with Gasteiger partial charge in [-0.3, -0.25) is 14.6 Å². The smallest absolute Gasteiger partial charge is 0.326 e. The molecule has 14 heteroatoms. The van der Waals surface area contributed by atoms with Gasteiger partial charge in [0.05, 0.1) is 30.8 Å². The van der Waals surface area contributed by atoms with Crippen LogP contribution in [0.15, 0.2) is 24.3 Å². The number of nitrogens with two attached hydrogens (primary N) is 2. The molecule has 11 nitrogen and oxygen atoms in total. The largest absolute Gasteiger partial charge is 0.497 e. The third-order valence-corrected chi connectivity index (χ3v) is 6.62. The summed E-state index contributed by atoms with van der Waals surface area (Å²) in [5.41, 5.74) is 13.9. The lowest BCUT2D eigenvalue weighted by molar-refractivity contribution is -0.143. The van der Waals surface area contributed by atoms with Crippen molar-refractivity contribution in [3.63, 3.8) is 0 Å². The fourth-order valence-electron chi connectivity index (χ4n) is 4.20. The van der Waals surface area contributed by atoms with Gasteiger partial charge < -0.3 is 37.3 Å². The summed E-state index contributed by atoms with van der Waals surface area (Å²) >= 11 is 0. The van der Waals surface area contributed by atoms with Crippen molar-refractivity contribution < 1.29 is 24.2 Å². The molecule has 0 radical (unpaired) electrons. The molecular weight excluding hydrogens is 752 g/mol. The number of carbonyl (C=O) groups excluding carboxylic acids is 2. The highest BCUT2D eigenvalue weighted by Crippen LogP contribution is 2.31. The number of anilines is 1. The molecule has 0 saturated heterocycles. The molecule has 0 bridgehead atoms. The van der Waals surface area contributed by atoms with Gasteiger partial charge in [-0.05, 0) is 51.3 Å². The lowest BCUT2D eigenvalue weighted by Gasteiger charge is -2.21. The van der Waals surface area contributed by atoms with Gasteiger partial charge in [0, 0.05) is 35.1 Å². The molecule has 1 heterocycles. The standard InChI is InChI=1S/C29H46N6O5.3BrH/c1-18(33-22-16-20(40-5)15-19-11-12-24(29(2,3)4)35-26(19)22)9-8-14-32-25(36)17-23(28(38)39)34-27(37)21(31)10-6-7-13-30;;;/h11-12,15-16,18,21,23,33H,6-10,13-14,17,30-31H2,1-5H3,(H,32,36)(H,34,37)(H,38,39);3*1H/t18?,21-,23+;;;/m0.../s1. The van der Waals surface area contributed by atoms with Gasteiger partial charge >= 0.3 is 5.97 Å². The van der Waals surface area contributed by atoms with Gasteiger partial charge in [-0.25, -0.2) is 4.79 Å². The molecule has 246 valence electrons. The Morgan fingerprint density at radius 1 is 1.05 bits per heavy atom. The van der Waals surface area contributed by atoms with Gasteiger partial charge in [-0.2, -0.15) is 0 Å². The van der Waals surface area contributed by atoms with E-state index in [1.807, 2.05) is 25.1 Å². The summed E-state index contributed by atoms with van der Waals surface area (Å²) < 4.78 is 5.48. The van der Waals surface area contributed by atoms with E-state index in [4.69, 9.17) is 21.2 Å². The summed E-state index contributed by atoms with van der Waals surface area (Å²) in [6, 6.07) is 5.86. The molecule has 2 aromatic rings. The van der Waals surface area contributed by atoms with Crippen molar-refractivity contribution >= 4 is 85.3 Å². The zero-order valence-corrected chi connectivity index (χ0v) is 30.7. The minimum Gasteiger partial charge on any atom is -0.497 e. The van der Waals surface area contributed by atoms with Crippen molar-refractivity contribution in [2.75, 3.05) is 25.5 Å². The molecule has 0 fully saturated rings. The summed E-state index contributed by atoms with van der Waals surface area (Å²) in [4.78, 5) is 41.1. The highest BCUT2D eigenvalue weighted by molar-refractivity contribution is 8.93. The number of halogens is 3. The molecule has 0 spiro atoms. The molecule has 43 heavy (non-hydrogen) atoms. The van der Waals surface area contributed by atoms with Gasteiger partial charge in [0.2, 0.25) is 11.8 Å². The highest BCUT2D eigenvalue weighted by atomic mass is 79.9. The van der Waals surface area contributed by atoms with Crippen LogP contribution in [0.25, 0.3) is 10.9 Å². The third-order valence-electron chi connectivity index (χ3n) is 6.62. The molecule has 1 unspecified atom stereocenters. The Hall–Kier alpha value is -2.00. The number of aliphatic carboxylic acids is 1. The molecule has 0 saturated carbocycles. The molecule has 0 aliphatic heterocycles. The number of nitrogens with one attached hydrogen (secondary N) is 3. The maximum atomic E-state index is 12.4. The lowest BCUT2D eigenvalue weighted by atomic mass is 9.91.